The number of pyridine rings is 1. The lowest BCUT2D eigenvalue weighted by atomic mass is 10.3. The van der Waals surface area contributed by atoms with Gasteiger partial charge in [-0.15, -0.1) is 0 Å². The molecule has 4 nitrogen and oxygen atoms in total. The van der Waals surface area contributed by atoms with E-state index in [-0.39, 0.29) is 0 Å². The molecular formula is C11H12N2O2. The molecule has 0 spiro atoms. The lowest BCUT2D eigenvalue weighted by molar-refractivity contribution is 0.111. The molecule has 0 radical (unpaired) electrons. The Balaban J connectivity index is 2.74. The van der Waals surface area contributed by atoms with E-state index in [0.717, 1.165) is 17.6 Å². The van der Waals surface area contributed by atoms with Crippen LogP contribution in [0.5, 0.6) is 0 Å². The molecule has 0 aromatic carbocycles. The highest BCUT2D eigenvalue weighted by atomic mass is 16.5. The van der Waals surface area contributed by atoms with Crippen molar-refractivity contribution in [2.24, 2.45) is 0 Å². The van der Waals surface area contributed by atoms with Gasteiger partial charge in [0.15, 0.2) is 6.29 Å². The van der Waals surface area contributed by atoms with Crippen LogP contribution in [0.2, 0.25) is 0 Å². The van der Waals surface area contributed by atoms with E-state index in [1.165, 1.54) is 0 Å². The zero-order valence-corrected chi connectivity index (χ0v) is 8.73. The van der Waals surface area contributed by atoms with Gasteiger partial charge >= 0.3 is 0 Å². The summed E-state index contributed by atoms with van der Waals surface area (Å²) in [5, 5.41) is 0. The van der Waals surface area contributed by atoms with Crippen molar-refractivity contribution < 1.29 is 9.53 Å². The Hall–Kier alpha value is -1.68. The summed E-state index contributed by atoms with van der Waals surface area (Å²) in [4.78, 5) is 15.4. The number of aryl methyl sites for hydroxylation is 1. The molecule has 2 aromatic rings. The third kappa shape index (κ3) is 1.53. The molecule has 0 amide bonds. The van der Waals surface area contributed by atoms with Crippen LogP contribution >= 0.6 is 0 Å². The van der Waals surface area contributed by atoms with E-state index in [2.05, 4.69) is 4.98 Å². The molecule has 2 aromatic heterocycles. The van der Waals surface area contributed by atoms with Gasteiger partial charge in [-0.2, -0.15) is 0 Å². The Morgan fingerprint density at radius 1 is 1.53 bits per heavy atom. The molecule has 4 heteroatoms. The smallest absolute Gasteiger partial charge is 0.168 e. The Bertz CT molecular complexity index is 503. The van der Waals surface area contributed by atoms with Crippen LogP contribution in [0.15, 0.2) is 18.2 Å². The summed E-state index contributed by atoms with van der Waals surface area (Å²) in [5.74, 6) is 0. The first-order valence-corrected chi connectivity index (χ1v) is 4.69. The largest absolute Gasteiger partial charge is 0.378 e. The molecule has 0 bridgehead atoms. The number of ether oxygens (including phenoxy) is 1. The molecule has 0 atom stereocenters. The number of rotatable bonds is 3. The number of hydrogen-bond donors (Lipinski definition) is 0. The second-order valence-corrected chi connectivity index (χ2v) is 3.36. The number of aromatic nitrogens is 2. The summed E-state index contributed by atoms with van der Waals surface area (Å²) < 4.78 is 6.84. The summed E-state index contributed by atoms with van der Waals surface area (Å²) in [6.07, 6.45) is 0.821. The number of fused-ring (bicyclic) bond motifs is 1. The molecule has 2 heterocycles. The molecule has 0 aliphatic heterocycles. The maximum absolute atomic E-state index is 11.0. The van der Waals surface area contributed by atoms with Crippen LogP contribution in [0.25, 0.3) is 5.65 Å². The predicted molar refractivity (Wildman–Crippen MR) is 56.0 cm³/mol. The summed E-state index contributed by atoms with van der Waals surface area (Å²) in [6.45, 7) is 2.30. The molecule has 0 aliphatic rings. The predicted octanol–water partition coefficient (Wildman–Crippen LogP) is 1.60. The normalized spacial score (nSPS) is 10.8. The van der Waals surface area contributed by atoms with Gasteiger partial charge in [0.2, 0.25) is 0 Å². The summed E-state index contributed by atoms with van der Waals surface area (Å²) in [7, 11) is 1.59. The van der Waals surface area contributed by atoms with Crippen LogP contribution < -0.4 is 0 Å². The zero-order valence-electron chi connectivity index (χ0n) is 8.73. The number of carbonyl (C=O) groups excluding carboxylic acids is 1. The van der Waals surface area contributed by atoms with Gasteiger partial charge in [-0.25, -0.2) is 4.98 Å². The fraction of sp³-hybridized carbons (Fsp3) is 0.273. The number of hydrogen-bond acceptors (Lipinski definition) is 3. The summed E-state index contributed by atoms with van der Waals surface area (Å²) in [5.41, 5.74) is 3.03. The Morgan fingerprint density at radius 2 is 2.33 bits per heavy atom. The Labute approximate surface area is 87.5 Å². The van der Waals surface area contributed by atoms with E-state index >= 15 is 0 Å². The van der Waals surface area contributed by atoms with Crippen molar-refractivity contribution in [3.63, 3.8) is 0 Å². The number of imidazole rings is 1. The zero-order chi connectivity index (χ0) is 10.8. The first-order chi connectivity index (χ1) is 7.27. The minimum absolute atomic E-state index is 0.356. The molecular weight excluding hydrogens is 192 g/mol. The molecule has 0 saturated carbocycles. The van der Waals surface area contributed by atoms with Crippen LogP contribution in [0.1, 0.15) is 21.9 Å². The number of methoxy groups -OCH3 is 1. The van der Waals surface area contributed by atoms with E-state index in [1.807, 2.05) is 29.5 Å². The molecule has 0 fully saturated rings. The molecule has 0 unspecified atom stereocenters. The van der Waals surface area contributed by atoms with Crippen LogP contribution in [0, 0.1) is 6.92 Å². The minimum Gasteiger partial charge on any atom is -0.378 e. The third-order valence-corrected chi connectivity index (χ3v) is 2.34. The van der Waals surface area contributed by atoms with E-state index in [0.29, 0.717) is 18.0 Å². The van der Waals surface area contributed by atoms with Crippen molar-refractivity contribution in [2.45, 2.75) is 13.5 Å². The van der Waals surface area contributed by atoms with Crippen LogP contribution in [-0.2, 0) is 11.3 Å². The van der Waals surface area contributed by atoms with Crippen molar-refractivity contribution in [1.82, 2.24) is 9.38 Å². The molecule has 2 rings (SSSR count). The first-order valence-electron chi connectivity index (χ1n) is 4.69. The summed E-state index contributed by atoms with van der Waals surface area (Å²) in [6, 6.07) is 5.74. The maximum Gasteiger partial charge on any atom is 0.168 e. The minimum atomic E-state index is 0.356. The van der Waals surface area contributed by atoms with Crippen LogP contribution in [-0.4, -0.2) is 22.8 Å². The van der Waals surface area contributed by atoms with Crippen molar-refractivity contribution >= 4 is 11.9 Å². The van der Waals surface area contributed by atoms with Crippen molar-refractivity contribution in [2.75, 3.05) is 7.11 Å². The highest BCUT2D eigenvalue weighted by Gasteiger charge is 2.11. The SMILES string of the molecule is COCc1nc2cccc(C)n2c1C=O. The quantitative estimate of drug-likeness (QED) is 0.713. The van der Waals surface area contributed by atoms with Crippen molar-refractivity contribution in [1.29, 1.82) is 0 Å². The van der Waals surface area contributed by atoms with Crippen LogP contribution in [0.4, 0.5) is 0 Å². The fourth-order valence-electron chi connectivity index (χ4n) is 1.69. The summed E-state index contributed by atoms with van der Waals surface area (Å²) >= 11 is 0. The average molecular weight is 204 g/mol. The number of aldehydes is 1. The van der Waals surface area contributed by atoms with E-state index in [1.54, 1.807) is 7.11 Å². The third-order valence-electron chi connectivity index (χ3n) is 2.34. The number of carbonyl (C=O) groups is 1. The highest BCUT2D eigenvalue weighted by Crippen LogP contribution is 2.14. The molecule has 0 aliphatic carbocycles. The van der Waals surface area contributed by atoms with Gasteiger partial charge in [0, 0.05) is 12.8 Å². The maximum atomic E-state index is 11.0. The van der Waals surface area contributed by atoms with Gasteiger partial charge in [0.25, 0.3) is 0 Å². The second-order valence-electron chi connectivity index (χ2n) is 3.36. The van der Waals surface area contributed by atoms with E-state index < -0.39 is 0 Å². The highest BCUT2D eigenvalue weighted by molar-refractivity contribution is 5.76. The Kier molecular flexibility index (Phi) is 2.51. The average Bonchev–Trinajstić information content (AvgIpc) is 2.57. The number of nitrogens with zero attached hydrogens (tertiary/aromatic N) is 2. The topological polar surface area (TPSA) is 43.6 Å². The Morgan fingerprint density at radius 3 is 3.00 bits per heavy atom. The molecule has 78 valence electrons. The van der Waals surface area contributed by atoms with E-state index in [9.17, 15) is 4.79 Å². The molecule has 15 heavy (non-hydrogen) atoms. The van der Waals surface area contributed by atoms with Crippen LogP contribution in [0.3, 0.4) is 0 Å². The monoisotopic (exact) mass is 204 g/mol. The fourth-order valence-corrected chi connectivity index (χ4v) is 1.69. The van der Waals surface area contributed by atoms with Gasteiger partial charge < -0.3 is 4.74 Å². The van der Waals surface area contributed by atoms with Gasteiger partial charge in [-0.1, -0.05) is 6.07 Å². The molecule has 0 N–H and O–H groups in total. The van der Waals surface area contributed by atoms with Gasteiger partial charge in [-0.3, -0.25) is 9.20 Å². The first kappa shape index (κ1) is 9.86. The van der Waals surface area contributed by atoms with Crippen molar-refractivity contribution in [3.05, 3.63) is 35.3 Å². The lowest BCUT2D eigenvalue weighted by Gasteiger charge is -2.00. The molecule has 0 saturated heterocycles. The lowest BCUT2D eigenvalue weighted by Crippen LogP contribution is -1.98. The standard InChI is InChI=1S/C11H12N2O2/c1-8-4-3-5-11-12-9(7-15-2)10(6-14)13(8)11/h3-6H,7H2,1-2H3. The second kappa shape index (κ2) is 3.82. The van der Waals surface area contributed by atoms with Crippen molar-refractivity contribution in [3.8, 4) is 0 Å². The van der Waals surface area contributed by atoms with Gasteiger partial charge in [-0.05, 0) is 19.1 Å². The van der Waals surface area contributed by atoms with Gasteiger partial charge in [0.05, 0.1) is 12.3 Å². The van der Waals surface area contributed by atoms with E-state index in [4.69, 9.17) is 4.74 Å². The van der Waals surface area contributed by atoms with Gasteiger partial charge in [0.1, 0.15) is 11.3 Å².